The number of aliphatic hydroxyl groups is 1. The first-order valence-electron chi connectivity index (χ1n) is 14.5. The quantitative estimate of drug-likeness (QED) is 0.248. The summed E-state index contributed by atoms with van der Waals surface area (Å²) in [6.07, 6.45) is -6.62. The molecule has 1 fully saturated rings. The largest absolute Gasteiger partial charge is 0.497 e. The van der Waals surface area contributed by atoms with Gasteiger partial charge in [-0.05, 0) is 66.3 Å². The Balaban J connectivity index is 1.55. The van der Waals surface area contributed by atoms with E-state index in [0.29, 0.717) is 23.3 Å². The zero-order valence-corrected chi connectivity index (χ0v) is 26.3. The fourth-order valence-corrected chi connectivity index (χ4v) is 6.40. The molecular weight excluding hydrogens is 627 g/mol. The van der Waals surface area contributed by atoms with E-state index in [2.05, 4.69) is 10.0 Å². The van der Waals surface area contributed by atoms with Gasteiger partial charge in [0.15, 0.2) is 6.04 Å². The van der Waals surface area contributed by atoms with E-state index in [1.165, 1.54) is 25.3 Å². The molecule has 0 bridgehead atoms. The van der Waals surface area contributed by atoms with E-state index in [1.807, 2.05) is 13.8 Å². The number of amides is 2. The highest BCUT2D eigenvalue weighted by Gasteiger charge is 2.41. The smallest absolute Gasteiger partial charge is 0.416 e. The molecule has 1 aliphatic rings. The number of anilines is 1. The third kappa shape index (κ3) is 8.56. The Labute approximate surface area is 265 Å². The lowest BCUT2D eigenvalue weighted by Gasteiger charge is -2.28. The molecule has 0 aliphatic carbocycles. The first kappa shape index (κ1) is 34.7. The van der Waals surface area contributed by atoms with E-state index in [-0.39, 0.29) is 22.9 Å². The summed E-state index contributed by atoms with van der Waals surface area (Å²) in [6.45, 7) is 2.96. The van der Waals surface area contributed by atoms with Gasteiger partial charge < -0.3 is 19.9 Å². The molecule has 3 N–H and O–H groups in total. The highest BCUT2D eigenvalue weighted by atomic mass is 32.2. The fraction of sp³-hybridized carbons (Fsp3) is 0.375. The van der Waals surface area contributed by atoms with Gasteiger partial charge in [0.1, 0.15) is 12.4 Å². The van der Waals surface area contributed by atoms with Gasteiger partial charge in [-0.1, -0.05) is 50.2 Å². The van der Waals surface area contributed by atoms with Gasteiger partial charge in [-0.15, -0.1) is 0 Å². The first-order chi connectivity index (χ1) is 21.7. The number of ether oxygens (including phenoxy) is 2. The fourth-order valence-electron chi connectivity index (χ4n) is 5.12. The number of nitrogens with one attached hydrogen (secondary N) is 2. The number of benzene rings is 3. The van der Waals surface area contributed by atoms with E-state index >= 15 is 0 Å². The van der Waals surface area contributed by atoms with Crippen LogP contribution >= 0.6 is 0 Å². The number of halogens is 3. The van der Waals surface area contributed by atoms with Gasteiger partial charge in [0, 0.05) is 12.2 Å². The Morgan fingerprint density at radius 3 is 2.43 bits per heavy atom. The molecule has 4 rings (SSSR count). The maximum absolute atomic E-state index is 13.5. The molecule has 14 heteroatoms. The van der Waals surface area contributed by atoms with Gasteiger partial charge in [0.05, 0.1) is 29.7 Å². The SMILES string of the molecule is COc1ccc(S(=O)(=O)NC[C@@H](O)[C@H](Cc2ccccc2)NC(=O)C2COC(=O)N2c2cccc(C(F)(F)F)c2)c(CC(C)C)c1. The van der Waals surface area contributed by atoms with Gasteiger partial charge >= 0.3 is 12.3 Å². The third-order valence-electron chi connectivity index (χ3n) is 7.39. The number of sulfonamides is 1. The number of alkyl halides is 3. The van der Waals surface area contributed by atoms with Crippen molar-refractivity contribution in [2.45, 2.75) is 55.9 Å². The topological polar surface area (TPSA) is 134 Å². The van der Waals surface area contributed by atoms with Crippen molar-refractivity contribution in [2.75, 3.05) is 25.2 Å². The molecule has 248 valence electrons. The number of carbonyl (C=O) groups excluding carboxylic acids is 2. The monoisotopic (exact) mass is 663 g/mol. The third-order valence-corrected chi connectivity index (χ3v) is 8.91. The van der Waals surface area contributed by atoms with Crippen LogP contribution in [0.15, 0.2) is 77.7 Å². The average Bonchev–Trinajstić information content (AvgIpc) is 3.40. The molecule has 10 nitrogen and oxygen atoms in total. The van der Waals surface area contributed by atoms with Crippen molar-refractivity contribution in [1.29, 1.82) is 0 Å². The Morgan fingerprint density at radius 1 is 1.07 bits per heavy atom. The number of carbonyl (C=O) groups is 2. The Hall–Kier alpha value is -4.14. The summed E-state index contributed by atoms with van der Waals surface area (Å²) in [4.78, 5) is 26.9. The molecular formula is C32H36F3N3O7S. The van der Waals surface area contributed by atoms with Crippen LogP contribution in [0, 0.1) is 5.92 Å². The molecule has 0 saturated carbocycles. The van der Waals surface area contributed by atoms with Crippen molar-refractivity contribution in [3.63, 3.8) is 0 Å². The average molecular weight is 664 g/mol. The standard InChI is InChI=1S/C32H36F3N3O7S/c1-20(2)14-22-16-25(44-3)12-13-29(22)46(42,43)36-18-28(39)26(15-21-8-5-4-6-9-21)37-30(40)27-19-45-31(41)38(27)24-11-7-10-23(17-24)32(33,34)35/h4-13,16-17,20,26-28,36,39H,14-15,18-19H2,1-3H3,(H,37,40)/t26-,27?,28+/m0/s1. The van der Waals surface area contributed by atoms with E-state index in [4.69, 9.17) is 9.47 Å². The summed E-state index contributed by atoms with van der Waals surface area (Å²) in [5.74, 6) is -0.173. The minimum absolute atomic E-state index is 0.0243. The van der Waals surface area contributed by atoms with Crippen LogP contribution in [0.4, 0.5) is 23.7 Å². The minimum atomic E-state index is -4.68. The molecule has 0 radical (unpaired) electrons. The predicted molar refractivity (Wildman–Crippen MR) is 164 cm³/mol. The van der Waals surface area contributed by atoms with Gasteiger partial charge in [-0.3, -0.25) is 9.69 Å². The summed E-state index contributed by atoms with van der Waals surface area (Å²) in [5.41, 5.74) is 0.0349. The molecule has 3 aromatic rings. The number of aliphatic hydroxyl groups excluding tert-OH is 1. The summed E-state index contributed by atoms with van der Waals surface area (Å²) >= 11 is 0. The van der Waals surface area contributed by atoms with E-state index < -0.39 is 65.1 Å². The first-order valence-corrected chi connectivity index (χ1v) is 16.0. The molecule has 0 aromatic heterocycles. The van der Waals surface area contributed by atoms with Gasteiger partial charge in [0.2, 0.25) is 15.9 Å². The maximum atomic E-state index is 13.5. The van der Waals surface area contributed by atoms with Gasteiger partial charge in [-0.2, -0.15) is 13.2 Å². The maximum Gasteiger partial charge on any atom is 0.416 e. The number of nitrogens with zero attached hydrogens (tertiary/aromatic N) is 1. The number of hydrogen-bond acceptors (Lipinski definition) is 7. The van der Waals surface area contributed by atoms with Crippen molar-refractivity contribution in [3.8, 4) is 5.75 Å². The molecule has 1 aliphatic heterocycles. The molecule has 46 heavy (non-hydrogen) atoms. The number of hydrogen-bond donors (Lipinski definition) is 3. The summed E-state index contributed by atoms with van der Waals surface area (Å²) in [7, 11) is -2.64. The lowest BCUT2D eigenvalue weighted by molar-refractivity contribution is -0.137. The second-order valence-electron chi connectivity index (χ2n) is 11.3. The highest BCUT2D eigenvalue weighted by molar-refractivity contribution is 7.89. The van der Waals surface area contributed by atoms with Crippen molar-refractivity contribution in [2.24, 2.45) is 5.92 Å². The van der Waals surface area contributed by atoms with E-state index in [1.54, 1.807) is 36.4 Å². The molecule has 1 unspecified atom stereocenters. The van der Waals surface area contributed by atoms with Crippen LogP contribution in [0.2, 0.25) is 0 Å². The minimum Gasteiger partial charge on any atom is -0.497 e. The molecule has 0 spiro atoms. The van der Waals surface area contributed by atoms with Crippen molar-refractivity contribution >= 4 is 27.7 Å². The van der Waals surface area contributed by atoms with Crippen LogP contribution in [0.25, 0.3) is 0 Å². The van der Waals surface area contributed by atoms with Crippen molar-refractivity contribution in [1.82, 2.24) is 10.0 Å². The highest BCUT2D eigenvalue weighted by Crippen LogP contribution is 2.33. The zero-order chi connectivity index (χ0) is 33.6. The molecule has 3 aromatic carbocycles. The van der Waals surface area contributed by atoms with E-state index in [9.17, 15) is 36.3 Å². The van der Waals surface area contributed by atoms with Crippen LogP contribution in [0.1, 0.15) is 30.5 Å². The molecule has 3 atom stereocenters. The van der Waals surface area contributed by atoms with Gasteiger partial charge in [-0.25, -0.2) is 17.9 Å². The number of rotatable bonds is 13. The summed E-state index contributed by atoms with van der Waals surface area (Å²) in [6, 6.07) is 14.9. The summed E-state index contributed by atoms with van der Waals surface area (Å²) in [5, 5.41) is 13.9. The van der Waals surface area contributed by atoms with Crippen LogP contribution in [0.3, 0.4) is 0 Å². The second kappa shape index (κ2) is 14.5. The van der Waals surface area contributed by atoms with E-state index in [0.717, 1.165) is 23.1 Å². The molecule has 2 amide bonds. The number of methoxy groups -OCH3 is 1. The van der Waals surface area contributed by atoms with Crippen LogP contribution in [-0.2, 0) is 38.6 Å². The van der Waals surface area contributed by atoms with Crippen LogP contribution in [-0.4, -0.2) is 64.0 Å². The Kier molecular flexibility index (Phi) is 11.0. The Morgan fingerprint density at radius 2 is 1.78 bits per heavy atom. The van der Waals surface area contributed by atoms with Crippen LogP contribution in [0.5, 0.6) is 5.75 Å². The summed E-state index contributed by atoms with van der Waals surface area (Å²) < 4.78 is 79.6. The zero-order valence-electron chi connectivity index (χ0n) is 25.5. The van der Waals surface area contributed by atoms with Gasteiger partial charge in [0.25, 0.3) is 0 Å². The van der Waals surface area contributed by atoms with Crippen molar-refractivity contribution in [3.05, 3.63) is 89.5 Å². The lowest BCUT2D eigenvalue weighted by Crippen LogP contribution is -2.54. The molecule has 1 saturated heterocycles. The Bertz CT molecular complexity index is 1640. The number of cyclic esters (lactones) is 1. The molecule has 1 heterocycles. The lowest BCUT2D eigenvalue weighted by atomic mass is 10.0. The normalized spacial score (nSPS) is 16.7. The predicted octanol–water partition coefficient (Wildman–Crippen LogP) is 4.30. The van der Waals surface area contributed by atoms with Crippen molar-refractivity contribution < 1.29 is 45.8 Å². The van der Waals surface area contributed by atoms with Crippen LogP contribution < -0.4 is 19.7 Å². The second-order valence-corrected chi connectivity index (χ2v) is 13.0.